The molecule has 1 N–H and O–H groups in total. The third kappa shape index (κ3) is 7.84. The van der Waals surface area contributed by atoms with Crippen LogP contribution < -0.4 is 0 Å². The number of carboxylic acid groups (broad SMARTS) is 1. The predicted molar refractivity (Wildman–Crippen MR) is 59.3 cm³/mol. The van der Waals surface area contributed by atoms with Crippen LogP contribution in [0.2, 0.25) is 0 Å². The van der Waals surface area contributed by atoms with E-state index in [-0.39, 0.29) is 0 Å². The van der Waals surface area contributed by atoms with Gasteiger partial charge in [0.15, 0.2) is 0 Å². The van der Waals surface area contributed by atoms with Gasteiger partial charge in [0.25, 0.3) is 0 Å². The first-order chi connectivity index (χ1) is 6.70. The lowest BCUT2D eigenvalue weighted by Gasteiger charge is -2.12. The molecule has 0 radical (unpaired) electrons. The van der Waals surface area contributed by atoms with E-state index in [1.54, 1.807) is 0 Å². The van der Waals surface area contributed by atoms with Crippen molar-refractivity contribution in [2.75, 3.05) is 0 Å². The van der Waals surface area contributed by atoms with Gasteiger partial charge in [0.1, 0.15) is 0 Å². The fourth-order valence-electron chi connectivity index (χ4n) is 1.66. The first kappa shape index (κ1) is 13.2. The maximum Gasteiger partial charge on any atom is 0.303 e. The number of hydrogen-bond acceptors (Lipinski definition) is 1. The Kier molecular flexibility index (Phi) is 8.30. The van der Waals surface area contributed by atoms with Gasteiger partial charge >= 0.3 is 5.97 Å². The fourth-order valence-corrected chi connectivity index (χ4v) is 1.66. The van der Waals surface area contributed by atoms with Crippen molar-refractivity contribution in [2.24, 2.45) is 5.92 Å². The SMILES string of the molecule is CC=CCC(CCC)CCCC(=O)O. The zero-order chi connectivity index (χ0) is 10.8. The van der Waals surface area contributed by atoms with Gasteiger partial charge in [-0.25, -0.2) is 0 Å². The molecule has 0 saturated heterocycles. The maximum absolute atomic E-state index is 10.3. The molecule has 2 nitrogen and oxygen atoms in total. The van der Waals surface area contributed by atoms with E-state index in [9.17, 15) is 4.79 Å². The van der Waals surface area contributed by atoms with Crippen molar-refractivity contribution in [1.29, 1.82) is 0 Å². The van der Waals surface area contributed by atoms with Crippen LogP contribution in [0, 0.1) is 5.92 Å². The number of allylic oxidation sites excluding steroid dienone is 2. The number of carbonyl (C=O) groups is 1. The highest BCUT2D eigenvalue weighted by atomic mass is 16.4. The molecule has 0 spiro atoms. The lowest BCUT2D eigenvalue weighted by atomic mass is 9.93. The second kappa shape index (κ2) is 8.79. The predicted octanol–water partition coefficient (Wildman–Crippen LogP) is 3.62. The van der Waals surface area contributed by atoms with Gasteiger partial charge in [0.2, 0.25) is 0 Å². The Morgan fingerprint density at radius 3 is 2.64 bits per heavy atom. The summed E-state index contributed by atoms with van der Waals surface area (Å²) in [6, 6.07) is 0. The second-order valence-corrected chi connectivity index (χ2v) is 3.75. The molecule has 1 unspecified atom stereocenters. The third-order valence-electron chi connectivity index (χ3n) is 2.41. The summed E-state index contributed by atoms with van der Waals surface area (Å²) in [6.45, 7) is 4.21. The summed E-state index contributed by atoms with van der Waals surface area (Å²) in [5.41, 5.74) is 0. The van der Waals surface area contributed by atoms with Crippen LogP contribution >= 0.6 is 0 Å². The third-order valence-corrected chi connectivity index (χ3v) is 2.41. The van der Waals surface area contributed by atoms with Crippen molar-refractivity contribution in [3.8, 4) is 0 Å². The van der Waals surface area contributed by atoms with E-state index in [0.29, 0.717) is 12.3 Å². The molecule has 0 aromatic heterocycles. The summed E-state index contributed by atoms with van der Waals surface area (Å²) in [5.74, 6) is 0.00170. The highest BCUT2D eigenvalue weighted by Crippen LogP contribution is 2.19. The van der Waals surface area contributed by atoms with Crippen molar-refractivity contribution in [2.45, 2.75) is 52.4 Å². The van der Waals surface area contributed by atoms with Crippen molar-refractivity contribution in [1.82, 2.24) is 0 Å². The van der Waals surface area contributed by atoms with Gasteiger partial charge in [0, 0.05) is 6.42 Å². The number of carboxylic acids is 1. The molecular weight excluding hydrogens is 176 g/mol. The Bertz CT molecular complexity index is 173. The molecule has 2 heteroatoms. The maximum atomic E-state index is 10.3. The number of hydrogen-bond donors (Lipinski definition) is 1. The summed E-state index contributed by atoms with van der Waals surface area (Å²) in [4.78, 5) is 10.3. The molecule has 0 fully saturated rings. The Morgan fingerprint density at radius 2 is 2.14 bits per heavy atom. The molecule has 0 rings (SSSR count). The molecular formula is C12H22O2. The largest absolute Gasteiger partial charge is 0.481 e. The fraction of sp³-hybridized carbons (Fsp3) is 0.750. The van der Waals surface area contributed by atoms with E-state index >= 15 is 0 Å². The zero-order valence-electron chi connectivity index (χ0n) is 9.33. The average molecular weight is 198 g/mol. The summed E-state index contributed by atoms with van der Waals surface area (Å²) in [5, 5.41) is 8.52. The lowest BCUT2D eigenvalue weighted by Crippen LogP contribution is -2.01. The lowest BCUT2D eigenvalue weighted by molar-refractivity contribution is -0.137. The van der Waals surface area contributed by atoms with Crippen molar-refractivity contribution >= 4 is 5.97 Å². The van der Waals surface area contributed by atoms with Crippen molar-refractivity contribution in [3.05, 3.63) is 12.2 Å². The molecule has 0 aliphatic carbocycles. The molecule has 0 aromatic rings. The van der Waals surface area contributed by atoms with Gasteiger partial charge < -0.3 is 5.11 Å². The average Bonchev–Trinajstić information content (AvgIpc) is 2.13. The van der Waals surface area contributed by atoms with Crippen LogP contribution in [0.15, 0.2) is 12.2 Å². The molecule has 0 bridgehead atoms. The van der Waals surface area contributed by atoms with Crippen LogP contribution in [0.5, 0.6) is 0 Å². The quantitative estimate of drug-likeness (QED) is 0.605. The Labute approximate surface area is 87.0 Å². The minimum absolute atomic E-state index is 0.316. The van der Waals surface area contributed by atoms with Crippen LogP contribution in [-0.4, -0.2) is 11.1 Å². The van der Waals surface area contributed by atoms with E-state index in [1.807, 2.05) is 6.92 Å². The topological polar surface area (TPSA) is 37.3 Å². The van der Waals surface area contributed by atoms with Gasteiger partial charge in [-0.3, -0.25) is 4.79 Å². The minimum atomic E-state index is -0.675. The van der Waals surface area contributed by atoms with Crippen molar-refractivity contribution in [3.63, 3.8) is 0 Å². The highest BCUT2D eigenvalue weighted by molar-refractivity contribution is 5.66. The Balaban J connectivity index is 3.66. The van der Waals surface area contributed by atoms with E-state index in [4.69, 9.17) is 5.11 Å². The summed E-state index contributed by atoms with van der Waals surface area (Å²) in [7, 11) is 0. The normalized spacial score (nSPS) is 13.3. The summed E-state index contributed by atoms with van der Waals surface area (Å²) in [6.07, 6.45) is 9.93. The van der Waals surface area contributed by atoms with E-state index in [0.717, 1.165) is 19.3 Å². The first-order valence-corrected chi connectivity index (χ1v) is 5.53. The molecule has 0 aliphatic rings. The van der Waals surface area contributed by atoms with E-state index in [2.05, 4.69) is 19.1 Å². The molecule has 1 atom stereocenters. The van der Waals surface area contributed by atoms with E-state index in [1.165, 1.54) is 12.8 Å². The van der Waals surface area contributed by atoms with Crippen LogP contribution in [-0.2, 0) is 4.79 Å². The van der Waals surface area contributed by atoms with Crippen LogP contribution in [0.3, 0.4) is 0 Å². The van der Waals surface area contributed by atoms with Gasteiger partial charge in [-0.05, 0) is 32.1 Å². The molecule has 0 saturated carbocycles. The first-order valence-electron chi connectivity index (χ1n) is 5.53. The van der Waals surface area contributed by atoms with Crippen LogP contribution in [0.4, 0.5) is 0 Å². The Hall–Kier alpha value is -0.790. The van der Waals surface area contributed by atoms with E-state index < -0.39 is 5.97 Å². The standard InChI is InChI=1S/C12H22O2/c1-3-5-8-11(7-4-2)9-6-10-12(13)14/h3,5,11H,4,6-10H2,1-2H3,(H,13,14). The summed E-state index contributed by atoms with van der Waals surface area (Å²) < 4.78 is 0. The van der Waals surface area contributed by atoms with Crippen molar-refractivity contribution < 1.29 is 9.90 Å². The highest BCUT2D eigenvalue weighted by Gasteiger charge is 2.06. The van der Waals surface area contributed by atoms with Crippen LogP contribution in [0.1, 0.15) is 52.4 Å². The minimum Gasteiger partial charge on any atom is -0.481 e. The molecule has 14 heavy (non-hydrogen) atoms. The summed E-state index contributed by atoms with van der Waals surface area (Å²) >= 11 is 0. The Morgan fingerprint density at radius 1 is 1.43 bits per heavy atom. The smallest absolute Gasteiger partial charge is 0.303 e. The molecule has 0 aromatic carbocycles. The van der Waals surface area contributed by atoms with Crippen LogP contribution in [0.25, 0.3) is 0 Å². The molecule has 0 aliphatic heterocycles. The number of aliphatic carboxylic acids is 1. The van der Waals surface area contributed by atoms with Gasteiger partial charge in [0.05, 0.1) is 0 Å². The second-order valence-electron chi connectivity index (χ2n) is 3.75. The molecule has 0 amide bonds. The van der Waals surface area contributed by atoms with Gasteiger partial charge in [-0.2, -0.15) is 0 Å². The van der Waals surface area contributed by atoms with Gasteiger partial charge in [-0.15, -0.1) is 0 Å². The zero-order valence-corrected chi connectivity index (χ0v) is 9.33. The monoisotopic (exact) mass is 198 g/mol. The molecule has 82 valence electrons. The molecule has 0 heterocycles. The van der Waals surface area contributed by atoms with Gasteiger partial charge in [-0.1, -0.05) is 31.9 Å². The number of rotatable bonds is 8.